The van der Waals surface area contributed by atoms with Crippen LogP contribution in [0.2, 0.25) is 0 Å². The van der Waals surface area contributed by atoms with E-state index in [1.54, 1.807) is 6.26 Å². The number of nitrogens with one attached hydrogen (secondary N) is 1. The van der Waals surface area contributed by atoms with Crippen LogP contribution in [-0.4, -0.2) is 30.4 Å². The topological polar surface area (TPSA) is 45.5 Å². The molecule has 0 atom stereocenters. The fourth-order valence-electron chi connectivity index (χ4n) is 4.27. The van der Waals surface area contributed by atoms with E-state index in [2.05, 4.69) is 34.5 Å². The van der Waals surface area contributed by atoms with Gasteiger partial charge in [-0.05, 0) is 68.0 Å². The van der Waals surface area contributed by atoms with Crippen LogP contribution in [0, 0.1) is 5.41 Å². The van der Waals surface area contributed by atoms with Crippen LogP contribution in [0.5, 0.6) is 0 Å². The van der Waals surface area contributed by atoms with E-state index < -0.39 is 0 Å². The molecule has 1 aromatic heterocycles. The summed E-state index contributed by atoms with van der Waals surface area (Å²) in [4.78, 5) is 14.2. The molecule has 0 radical (unpaired) electrons. The van der Waals surface area contributed by atoms with Gasteiger partial charge >= 0.3 is 0 Å². The van der Waals surface area contributed by atoms with Crippen LogP contribution in [0.4, 0.5) is 0 Å². The molecule has 2 saturated heterocycles. The molecule has 2 aromatic rings. The van der Waals surface area contributed by atoms with Gasteiger partial charge < -0.3 is 9.73 Å². The van der Waals surface area contributed by atoms with Crippen LogP contribution in [0.3, 0.4) is 0 Å². The Morgan fingerprint density at radius 3 is 2.76 bits per heavy atom. The summed E-state index contributed by atoms with van der Waals surface area (Å²) in [5.41, 5.74) is 2.86. The van der Waals surface area contributed by atoms with Gasteiger partial charge in [-0.2, -0.15) is 0 Å². The van der Waals surface area contributed by atoms with E-state index in [9.17, 15) is 4.79 Å². The number of rotatable bonds is 3. The quantitative estimate of drug-likeness (QED) is 0.925. The molecule has 1 amide bonds. The molecule has 1 spiro atoms. The maximum absolute atomic E-state index is 11.6. The van der Waals surface area contributed by atoms with Gasteiger partial charge in [-0.3, -0.25) is 9.69 Å². The second-order valence-corrected chi connectivity index (χ2v) is 7.55. The fourth-order valence-corrected chi connectivity index (χ4v) is 4.27. The van der Waals surface area contributed by atoms with E-state index in [1.165, 1.54) is 18.4 Å². The maximum Gasteiger partial charge on any atom is 0.220 e. The Kier molecular flexibility index (Phi) is 4.62. The van der Waals surface area contributed by atoms with Crippen LogP contribution in [-0.2, 0) is 11.3 Å². The zero-order valence-electron chi connectivity index (χ0n) is 14.7. The van der Waals surface area contributed by atoms with Gasteiger partial charge in [0.05, 0.1) is 6.26 Å². The van der Waals surface area contributed by atoms with Crippen molar-refractivity contribution < 1.29 is 9.21 Å². The minimum atomic E-state index is 0.231. The molecule has 0 aliphatic carbocycles. The Morgan fingerprint density at radius 1 is 1.08 bits per heavy atom. The van der Waals surface area contributed by atoms with E-state index in [0.717, 1.165) is 50.3 Å². The molecular formula is C21H26N2O2. The lowest BCUT2D eigenvalue weighted by atomic mass is 9.73. The SMILES string of the molecule is O=C1CCC2(CCN1)CCN(Cc1cccc(-c3ccco3)c1)CC2. The first-order valence-electron chi connectivity index (χ1n) is 9.34. The molecule has 1 N–H and O–H groups in total. The number of amides is 1. The highest BCUT2D eigenvalue weighted by molar-refractivity contribution is 5.76. The Morgan fingerprint density at radius 2 is 1.96 bits per heavy atom. The van der Waals surface area contributed by atoms with Crippen molar-refractivity contribution in [2.24, 2.45) is 5.41 Å². The van der Waals surface area contributed by atoms with Crippen molar-refractivity contribution in [3.63, 3.8) is 0 Å². The van der Waals surface area contributed by atoms with Gasteiger partial charge in [-0.25, -0.2) is 0 Å². The van der Waals surface area contributed by atoms with Crippen molar-refractivity contribution in [2.45, 2.75) is 38.6 Å². The van der Waals surface area contributed by atoms with Gasteiger partial charge in [-0.1, -0.05) is 18.2 Å². The van der Waals surface area contributed by atoms with Crippen LogP contribution < -0.4 is 5.32 Å². The Balaban J connectivity index is 1.37. The van der Waals surface area contributed by atoms with Gasteiger partial charge in [0.25, 0.3) is 0 Å². The number of likely N-dealkylation sites (tertiary alicyclic amines) is 1. The van der Waals surface area contributed by atoms with Crippen LogP contribution in [0.1, 0.15) is 37.7 Å². The number of carbonyl (C=O) groups excluding carboxylic acids is 1. The lowest BCUT2D eigenvalue weighted by Gasteiger charge is -2.41. The Labute approximate surface area is 149 Å². The smallest absolute Gasteiger partial charge is 0.220 e. The Hall–Kier alpha value is -2.07. The first-order chi connectivity index (χ1) is 12.2. The fraction of sp³-hybridized carbons (Fsp3) is 0.476. The summed E-state index contributed by atoms with van der Waals surface area (Å²) in [7, 11) is 0. The molecule has 2 fully saturated rings. The molecular weight excluding hydrogens is 312 g/mol. The van der Waals surface area contributed by atoms with Crippen LogP contribution >= 0.6 is 0 Å². The third kappa shape index (κ3) is 3.79. The average Bonchev–Trinajstić information content (AvgIpc) is 3.11. The lowest BCUT2D eigenvalue weighted by molar-refractivity contribution is -0.121. The second-order valence-electron chi connectivity index (χ2n) is 7.55. The summed E-state index contributed by atoms with van der Waals surface area (Å²) >= 11 is 0. The molecule has 0 bridgehead atoms. The second kappa shape index (κ2) is 7.04. The summed E-state index contributed by atoms with van der Waals surface area (Å²) in [5.74, 6) is 1.16. The number of nitrogens with zero attached hydrogens (tertiary/aromatic N) is 1. The van der Waals surface area contributed by atoms with Crippen LogP contribution in [0.15, 0.2) is 47.1 Å². The first-order valence-corrected chi connectivity index (χ1v) is 9.34. The molecule has 4 nitrogen and oxygen atoms in total. The predicted octanol–water partition coefficient (Wildman–Crippen LogP) is 3.83. The van der Waals surface area contributed by atoms with E-state index in [0.29, 0.717) is 11.8 Å². The number of piperidine rings is 1. The highest BCUT2D eigenvalue weighted by Crippen LogP contribution is 2.40. The summed E-state index contributed by atoms with van der Waals surface area (Å²) in [6, 6.07) is 12.6. The summed E-state index contributed by atoms with van der Waals surface area (Å²) < 4.78 is 5.51. The van der Waals surface area contributed by atoms with Gasteiger partial charge in [0, 0.05) is 25.1 Å². The van der Waals surface area contributed by atoms with E-state index in [1.807, 2.05) is 12.1 Å². The highest BCUT2D eigenvalue weighted by atomic mass is 16.3. The highest BCUT2D eigenvalue weighted by Gasteiger charge is 2.35. The monoisotopic (exact) mass is 338 g/mol. The molecule has 4 heteroatoms. The third-order valence-corrected chi connectivity index (χ3v) is 5.92. The number of benzene rings is 1. The van der Waals surface area contributed by atoms with Gasteiger partial charge in [0.1, 0.15) is 5.76 Å². The van der Waals surface area contributed by atoms with Crippen molar-refractivity contribution in [1.82, 2.24) is 10.2 Å². The van der Waals surface area contributed by atoms with E-state index in [-0.39, 0.29) is 5.91 Å². The van der Waals surface area contributed by atoms with Crippen LogP contribution in [0.25, 0.3) is 11.3 Å². The Bertz CT molecular complexity index is 715. The van der Waals surface area contributed by atoms with Crippen molar-refractivity contribution in [2.75, 3.05) is 19.6 Å². The van der Waals surface area contributed by atoms with Crippen molar-refractivity contribution in [1.29, 1.82) is 0 Å². The molecule has 1 aromatic carbocycles. The summed E-state index contributed by atoms with van der Waals surface area (Å²) in [6.07, 6.45) is 7.03. The molecule has 2 aliphatic rings. The minimum Gasteiger partial charge on any atom is -0.464 e. The van der Waals surface area contributed by atoms with E-state index >= 15 is 0 Å². The van der Waals surface area contributed by atoms with Crippen molar-refractivity contribution in [3.8, 4) is 11.3 Å². The molecule has 0 unspecified atom stereocenters. The van der Waals surface area contributed by atoms with E-state index in [4.69, 9.17) is 4.42 Å². The normalized spacial score (nSPS) is 21.0. The summed E-state index contributed by atoms with van der Waals surface area (Å²) in [6.45, 7) is 4.09. The lowest BCUT2D eigenvalue weighted by Crippen LogP contribution is -2.40. The number of hydrogen-bond acceptors (Lipinski definition) is 3. The maximum atomic E-state index is 11.6. The van der Waals surface area contributed by atoms with Gasteiger partial charge in [0.15, 0.2) is 0 Å². The molecule has 132 valence electrons. The standard InChI is InChI=1S/C21H26N2O2/c24-20-6-7-21(8-11-22-20)9-12-23(13-10-21)16-17-3-1-4-18(15-17)19-5-2-14-25-19/h1-5,14-15H,6-13,16H2,(H,22,24). The third-order valence-electron chi connectivity index (χ3n) is 5.92. The number of furan rings is 1. The van der Waals surface area contributed by atoms with Gasteiger partial charge in [-0.15, -0.1) is 0 Å². The zero-order valence-corrected chi connectivity index (χ0v) is 14.7. The largest absolute Gasteiger partial charge is 0.464 e. The average molecular weight is 338 g/mol. The molecule has 4 rings (SSSR count). The number of hydrogen-bond donors (Lipinski definition) is 1. The molecule has 25 heavy (non-hydrogen) atoms. The predicted molar refractivity (Wildman–Crippen MR) is 97.9 cm³/mol. The van der Waals surface area contributed by atoms with Gasteiger partial charge in [0.2, 0.25) is 5.91 Å². The van der Waals surface area contributed by atoms with Crippen molar-refractivity contribution in [3.05, 3.63) is 48.2 Å². The summed E-state index contributed by atoms with van der Waals surface area (Å²) in [5, 5.41) is 3.03. The molecule has 0 saturated carbocycles. The van der Waals surface area contributed by atoms with Crippen molar-refractivity contribution >= 4 is 5.91 Å². The molecule has 2 aliphatic heterocycles. The minimum absolute atomic E-state index is 0.231. The number of carbonyl (C=O) groups is 1. The first kappa shape index (κ1) is 16.4. The molecule has 3 heterocycles. The zero-order chi connectivity index (χ0) is 17.1.